The van der Waals surface area contributed by atoms with E-state index in [9.17, 15) is 9.18 Å². The highest BCUT2D eigenvalue weighted by Crippen LogP contribution is 2.15. The molecule has 2 aromatic heterocycles. The largest absolute Gasteiger partial charge is 0.373 e. The van der Waals surface area contributed by atoms with Gasteiger partial charge in [0.25, 0.3) is 5.91 Å². The molecule has 1 N–H and O–H groups in total. The molecule has 0 saturated heterocycles. The Morgan fingerprint density at radius 3 is 2.46 bits per heavy atom. The number of pyridine rings is 2. The third-order valence-corrected chi connectivity index (χ3v) is 4.02. The summed E-state index contributed by atoms with van der Waals surface area (Å²) in [6.45, 7) is 0.840. The second-order valence-electron chi connectivity index (χ2n) is 5.89. The number of hydrogen-bond donors (Lipinski definition) is 1. The zero-order chi connectivity index (χ0) is 18.4. The van der Waals surface area contributed by atoms with Gasteiger partial charge in [-0.1, -0.05) is 0 Å². The summed E-state index contributed by atoms with van der Waals surface area (Å²) in [5, 5.41) is 2.70. The maximum absolute atomic E-state index is 12.9. The van der Waals surface area contributed by atoms with Crippen LogP contribution in [0, 0.1) is 5.82 Å². The van der Waals surface area contributed by atoms with Crippen molar-refractivity contribution in [2.75, 3.05) is 23.8 Å². The smallest absolute Gasteiger partial charge is 0.256 e. The first-order valence-electron chi connectivity index (χ1n) is 8.25. The van der Waals surface area contributed by atoms with Crippen molar-refractivity contribution < 1.29 is 9.18 Å². The summed E-state index contributed by atoms with van der Waals surface area (Å²) < 4.78 is 12.9. The first kappa shape index (κ1) is 17.5. The van der Waals surface area contributed by atoms with E-state index in [2.05, 4.69) is 20.2 Å². The van der Waals surface area contributed by atoms with Gasteiger partial charge in [-0.2, -0.15) is 0 Å². The van der Waals surface area contributed by atoms with Crippen LogP contribution in [0.3, 0.4) is 0 Å². The van der Waals surface area contributed by atoms with Crippen LogP contribution >= 0.6 is 0 Å². The summed E-state index contributed by atoms with van der Waals surface area (Å²) in [5.74, 6) is -0.249. The summed E-state index contributed by atoms with van der Waals surface area (Å²) in [5.41, 5.74) is 2.56. The van der Waals surface area contributed by atoms with Gasteiger partial charge in [0.15, 0.2) is 0 Å². The lowest BCUT2D eigenvalue weighted by molar-refractivity contribution is 0.102. The maximum Gasteiger partial charge on any atom is 0.256 e. The van der Waals surface area contributed by atoms with Crippen LogP contribution < -0.4 is 10.2 Å². The molecule has 1 amide bonds. The number of rotatable bonds is 6. The monoisotopic (exact) mass is 350 g/mol. The van der Waals surface area contributed by atoms with Gasteiger partial charge in [0.05, 0.1) is 11.9 Å². The predicted octanol–water partition coefficient (Wildman–Crippen LogP) is 3.55. The minimum atomic E-state index is -0.376. The first-order valence-corrected chi connectivity index (χ1v) is 8.25. The number of aromatic nitrogens is 2. The van der Waals surface area contributed by atoms with Crippen molar-refractivity contribution >= 4 is 17.4 Å². The summed E-state index contributed by atoms with van der Waals surface area (Å²) >= 11 is 0. The average molecular weight is 350 g/mol. The van der Waals surface area contributed by atoms with Gasteiger partial charge in [0.2, 0.25) is 0 Å². The second-order valence-corrected chi connectivity index (χ2v) is 5.89. The average Bonchev–Trinajstić information content (AvgIpc) is 2.68. The van der Waals surface area contributed by atoms with E-state index >= 15 is 0 Å². The Morgan fingerprint density at radius 1 is 1.08 bits per heavy atom. The molecule has 0 saturated carbocycles. The van der Waals surface area contributed by atoms with Crippen LogP contribution in [-0.4, -0.2) is 29.5 Å². The van der Waals surface area contributed by atoms with Crippen LogP contribution in [0.25, 0.3) is 0 Å². The molecule has 0 radical (unpaired) electrons. The standard InChI is InChI=1S/C20H19FN4O/c1-25(13-10-15-8-11-22-12-9-15)18-6-7-19(23-14-18)24-20(26)16-2-4-17(21)5-3-16/h2-9,11-12,14H,10,13H2,1H3,(H,23,24,26). The molecule has 26 heavy (non-hydrogen) atoms. The molecule has 0 aliphatic carbocycles. The van der Waals surface area contributed by atoms with Gasteiger partial charge in [0.1, 0.15) is 11.6 Å². The summed E-state index contributed by atoms with van der Waals surface area (Å²) in [6.07, 6.45) is 6.19. The van der Waals surface area contributed by atoms with Crippen LogP contribution in [0.4, 0.5) is 15.9 Å². The normalized spacial score (nSPS) is 10.4. The van der Waals surface area contributed by atoms with Gasteiger partial charge < -0.3 is 10.2 Å². The van der Waals surface area contributed by atoms with Gasteiger partial charge in [-0.3, -0.25) is 9.78 Å². The molecular formula is C20H19FN4O. The highest BCUT2D eigenvalue weighted by Gasteiger charge is 2.08. The summed E-state index contributed by atoms with van der Waals surface area (Å²) in [4.78, 5) is 22.5. The van der Waals surface area contributed by atoms with Crippen molar-refractivity contribution in [1.29, 1.82) is 0 Å². The summed E-state index contributed by atoms with van der Waals surface area (Å²) in [7, 11) is 2.00. The van der Waals surface area contributed by atoms with Crippen LogP contribution in [0.15, 0.2) is 67.1 Å². The van der Waals surface area contributed by atoms with Crippen LogP contribution in [0.1, 0.15) is 15.9 Å². The Labute approximate surface area is 151 Å². The van der Waals surface area contributed by atoms with Gasteiger partial charge in [-0.25, -0.2) is 9.37 Å². The second kappa shape index (κ2) is 8.20. The fourth-order valence-corrected chi connectivity index (χ4v) is 2.45. The van der Waals surface area contributed by atoms with Crippen LogP contribution in [0.2, 0.25) is 0 Å². The third kappa shape index (κ3) is 4.63. The number of nitrogens with one attached hydrogen (secondary N) is 1. The number of anilines is 2. The third-order valence-electron chi connectivity index (χ3n) is 4.02. The lowest BCUT2D eigenvalue weighted by atomic mass is 10.2. The first-order chi connectivity index (χ1) is 12.6. The molecule has 0 aliphatic heterocycles. The van der Waals surface area contributed by atoms with Crippen molar-refractivity contribution in [2.45, 2.75) is 6.42 Å². The molecule has 0 aliphatic rings. The molecule has 0 atom stereocenters. The Hall–Kier alpha value is -3.28. The topological polar surface area (TPSA) is 58.1 Å². The van der Waals surface area contributed by atoms with Crippen molar-refractivity contribution in [3.05, 3.63) is 84.1 Å². The van der Waals surface area contributed by atoms with E-state index in [1.807, 2.05) is 25.2 Å². The molecule has 5 nitrogen and oxygen atoms in total. The van der Waals surface area contributed by atoms with Gasteiger partial charge >= 0.3 is 0 Å². The lowest BCUT2D eigenvalue weighted by Gasteiger charge is -2.19. The number of carbonyl (C=O) groups is 1. The van der Waals surface area contributed by atoms with Crippen molar-refractivity contribution in [3.63, 3.8) is 0 Å². The Balaban J connectivity index is 1.57. The van der Waals surface area contributed by atoms with Gasteiger partial charge in [-0.15, -0.1) is 0 Å². The van der Waals surface area contributed by atoms with E-state index in [-0.39, 0.29) is 11.7 Å². The molecule has 132 valence electrons. The maximum atomic E-state index is 12.9. The SMILES string of the molecule is CN(CCc1ccncc1)c1ccc(NC(=O)c2ccc(F)cc2)nc1. The Morgan fingerprint density at radius 2 is 1.81 bits per heavy atom. The van der Waals surface area contributed by atoms with E-state index in [4.69, 9.17) is 0 Å². The van der Waals surface area contributed by atoms with Crippen LogP contribution in [-0.2, 0) is 6.42 Å². The fourth-order valence-electron chi connectivity index (χ4n) is 2.45. The predicted molar refractivity (Wildman–Crippen MR) is 99.8 cm³/mol. The number of carbonyl (C=O) groups excluding carboxylic acids is 1. The molecule has 3 aromatic rings. The molecule has 0 fully saturated rings. The lowest BCUT2D eigenvalue weighted by Crippen LogP contribution is -2.20. The Kier molecular flexibility index (Phi) is 5.53. The quantitative estimate of drug-likeness (QED) is 0.739. The Bertz CT molecular complexity index is 851. The highest BCUT2D eigenvalue weighted by atomic mass is 19.1. The molecule has 0 bridgehead atoms. The molecule has 1 aromatic carbocycles. The van der Waals surface area contributed by atoms with Gasteiger partial charge in [-0.05, 0) is 60.5 Å². The van der Waals surface area contributed by atoms with E-state index in [0.717, 1.165) is 18.7 Å². The molecule has 6 heteroatoms. The van der Waals surface area contributed by atoms with Crippen molar-refractivity contribution in [3.8, 4) is 0 Å². The zero-order valence-corrected chi connectivity index (χ0v) is 14.4. The van der Waals surface area contributed by atoms with Crippen LogP contribution in [0.5, 0.6) is 0 Å². The summed E-state index contributed by atoms with van der Waals surface area (Å²) in [6, 6.07) is 13.0. The highest BCUT2D eigenvalue weighted by molar-refractivity contribution is 6.03. The minimum Gasteiger partial charge on any atom is -0.373 e. The van der Waals surface area contributed by atoms with Crippen molar-refractivity contribution in [1.82, 2.24) is 9.97 Å². The number of halogens is 1. The number of nitrogens with zero attached hydrogens (tertiary/aromatic N) is 3. The van der Waals surface area contributed by atoms with E-state index in [0.29, 0.717) is 11.4 Å². The van der Waals surface area contributed by atoms with E-state index in [1.165, 1.54) is 29.8 Å². The number of amides is 1. The van der Waals surface area contributed by atoms with E-state index in [1.54, 1.807) is 24.7 Å². The van der Waals surface area contributed by atoms with Crippen molar-refractivity contribution in [2.24, 2.45) is 0 Å². The fraction of sp³-hybridized carbons (Fsp3) is 0.150. The molecule has 2 heterocycles. The van der Waals surface area contributed by atoms with Gasteiger partial charge in [0, 0.05) is 31.5 Å². The number of likely N-dealkylation sites (N-methyl/N-ethyl adjacent to an activating group) is 1. The number of benzene rings is 1. The molecule has 0 spiro atoms. The zero-order valence-electron chi connectivity index (χ0n) is 14.4. The molecule has 0 unspecified atom stereocenters. The molecular weight excluding hydrogens is 331 g/mol. The number of hydrogen-bond acceptors (Lipinski definition) is 4. The molecule has 3 rings (SSSR count). The van der Waals surface area contributed by atoms with E-state index < -0.39 is 0 Å². The minimum absolute atomic E-state index is 0.323.